The maximum Gasteiger partial charge on any atom is 0.416 e. The lowest BCUT2D eigenvalue weighted by atomic mass is 10.0. The first kappa shape index (κ1) is 20.0. The van der Waals surface area contributed by atoms with Crippen molar-refractivity contribution in [2.75, 3.05) is 0 Å². The lowest BCUT2D eigenvalue weighted by Gasteiger charge is -2.12. The van der Waals surface area contributed by atoms with Gasteiger partial charge in [0, 0.05) is 11.3 Å². The van der Waals surface area contributed by atoms with Crippen LogP contribution >= 0.6 is 11.6 Å². The molecule has 0 bridgehead atoms. The second-order valence-corrected chi connectivity index (χ2v) is 6.43. The normalized spacial score (nSPS) is 11.5. The van der Waals surface area contributed by atoms with Gasteiger partial charge in [0.25, 0.3) is 0 Å². The van der Waals surface area contributed by atoms with Gasteiger partial charge in [-0.15, -0.1) is 0 Å². The molecule has 0 spiro atoms. The van der Waals surface area contributed by atoms with E-state index in [1.54, 1.807) is 31.2 Å². The van der Waals surface area contributed by atoms with Crippen molar-refractivity contribution in [3.8, 4) is 22.6 Å². The number of aliphatic hydroxyl groups excluding tert-OH is 1. The topological polar surface area (TPSA) is 62.3 Å². The summed E-state index contributed by atoms with van der Waals surface area (Å²) in [6.07, 6.45) is -4.46. The van der Waals surface area contributed by atoms with Crippen molar-refractivity contribution in [2.24, 2.45) is 0 Å². The molecular weight excluding hydrogens is 395 g/mol. The summed E-state index contributed by atoms with van der Waals surface area (Å²) in [7, 11) is 0. The Morgan fingerprint density at radius 3 is 2.39 bits per heavy atom. The summed E-state index contributed by atoms with van der Waals surface area (Å²) in [6.45, 7) is 1.29. The fourth-order valence-electron chi connectivity index (χ4n) is 2.78. The molecule has 0 unspecified atom stereocenters. The second-order valence-electron chi connectivity index (χ2n) is 6.06. The van der Waals surface area contributed by atoms with E-state index >= 15 is 0 Å². The fraction of sp³-hybridized carbons (Fsp3) is 0.150. The molecule has 0 saturated heterocycles. The van der Waals surface area contributed by atoms with Gasteiger partial charge in [0.1, 0.15) is 16.5 Å². The van der Waals surface area contributed by atoms with Gasteiger partial charge in [0.05, 0.1) is 17.9 Å². The Bertz CT molecular complexity index is 1060. The molecular formula is C20H15ClF3NO3. The van der Waals surface area contributed by atoms with E-state index in [0.717, 1.165) is 12.1 Å². The van der Waals surface area contributed by atoms with Gasteiger partial charge in [-0.25, -0.2) is 0 Å². The molecule has 3 aromatic rings. The molecule has 0 aliphatic heterocycles. The predicted octanol–water partition coefficient (Wildman–Crippen LogP) is 5.31. The molecule has 4 nitrogen and oxygen atoms in total. The Balaban J connectivity index is 1.90. The maximum absolute atomic E-state index is 12.8. The molecule has 0 aliphatic carbocycles. The molecule has 0 atom stereocenters. The van der Waals surface area contributed by atoms with E-state index in [4.69, 9.17) is 16.3 Å². The van der Waals surface area contributed by atoms with Gasteiger partial charge in [0.2, 0.25) is 5.43 Å². The van der Waals surface area contributed by atoms with Crippen LogP contribution < -0.4 is 10.2 Å². The quantitative estimate of drug-likeness (QED) is 0.614. The van der Waals surface area contributed by atoms with Crippen LogP contribution in [0.3, 0.4) is 0 Å². The molecule has 1 heterocycles. The average Bonchev–Trinajstić information content (AvgIpc) is 2.65. The molecule has 146 valence electrons. The minimum atomic E-state index is -4.46. The van der Waals surface area contributed by atoms with Gasteiger partial charge >= 0.3 is 6.18 Å². The standard InChI is InChI=1S/C20H15ClF3NO3/c1-11-17(19(27)18(21)16(10-26)25-11)12-5-7-14(8-6-12)28-15-4-2-3-13(9-15)20(22,23)24/h2-9,26H,10H2,1H3,(H,25,27). The number of aryl methyl sites for hydroxylation is 1. The number of rotatable bonds is 4. The van der Waals surface area contributed by atoms with Gasteiger partial charge in [-0.05, 0) is 42.8 Å². The molecule has 1 aromatic heterocycles. The Labute approximate surface area is 163 Å². The Morgan fingerprint density at radius 1 is 1.11 bits per heavy atom. The lowest BCUT2D eigenvalue weighted by molar-refractivity contribution is -0.137. The van der Waals surface area contributed by atoms with Crippen LogP contribution in [-0.4, -0.2) is 10.1 Å². The lowest BCUT2D eigenvalue weighted by Crippen LogP contribution is -2.13. The van der Waals surface area contributed by atoms with E-state index in [0.29, 0.717) is 22.6 Å². The number of hydrogen-bond donors (Lipinski definition) is 2. The first-order chi connectivity index (χ1) is 13.2. The molecule has 0 amide bonds. The van der Waals surface area contributed by atoms with Crippen LogP contribution in [0.4, 0.5) is 13.2 Å². The number of nitrogens with one attached hydrogen (secondary N) is 1. The number of pyridine rings is 1. The molecule has 8 heteroatoms. The number of H-pyrrole nitrogens is 1. The van der Waals surface area contributed by atoms with E-state index in [1.165, 1.54) is 12.1 Å². The molecule has 0 aliphatic rings. The molecule has 28 heavy (non-hydrogen) atoms. The molecule has 0 fully saturated rings. The van der Waals surface area contributed by atoms with Crippen LogP contribution in [0.15, 0.2) is 53.3 Å². The van der Waals surface area contributed by atoms with Crippen LogP contribution in [0, 0.1) is 6.92 Å². The zero-order chi connectivity index (χ0) is 20.5. The SMILES string of the molecule is Cc1[nH]c(CO)c(Cl)c(=O)c1-c1ccc(Oc2cccc(C(F)(F)F)c2)cc1. The Kier molecular flexibility index (Phi) is 5.49. The zero-order valence-electron chi connectivity index (χ0n) is 14.6. The largest absolute Gasteiger partial charge is 0.457 e. The number of halogens is 4. The number of aromatic amines is 1. The smallest absolute Gasteiger partial charge is 0.416 e. The number of alkyl halides is 3. The van der Waals surface area contributed by atoms with Crippen LogP contribution in [0.5, 0.6) is 11.5 Å². The van der Waals surface area contributed by atoms with E-state index in [2.05, 4.69) is 4.98 Å². The number of aromatic nitrogens is 1. The molecule has 0 radical (unpaired) electrons. The highest BCUT2D eigenvalue weighted by Crippen LogP contribution is 2.33. The summed E-state index contributed by atoms with van der Waals surface area (Å²) in [6, 6.07) is 10.9. The second kappa shape index (κ2) is 7.69. The molecule has 2 N–H and O–H groups in total. The Morgan fingerprint density at radius 2 is 1.79 bits per heavy atom. The van der Waals surface area contributed by atoms with Crippen molar-refractivity contribution in [2.45, 2.75) is 19.7 Å². The van der Waals surface area contributed by atoms with E-state index < -0.39 is 17.2 Å². The summed E-state index contributed by atoms with van der Waals surface area (Å²) in [5.41, 5.74) is 0.438. The van der Waals surface area contributed by atoms with Crippen molar-refractivity contribution in [3.63, 3.8) is 0 Å². The third-order valence-corrected chi connectivity index (χ3v) is 4.50. The minimum absolute atomic E-state index is 0.0481. The van der Waals surface area contributed by atoms with Crippen LogP contribution in [0.2, 0.25) is 5.02 Å². The first-order valence-electron chi connectivity index (χ1n) is 8.18. The summed E-state index contributed by atoms with van der Waals surface area (Å²) >= 11 is 5.99. The Hall–Kier alpha value is -2.77. The molecule has 0 saturated carbocycles. The average molecular weight is 410 g/mol. The van der Waals surface area contributed by atoms with Crippen molar-refractivity contribution in [1.29, 1.82) is 0 Å². The van der Waals surface area contributed by atoms with Gasteiger partial charge in [0.15, 0.2) is 0 Å². The summed E-state index contributed by atoms with van der Waals surface area (Å²) < 4.78 is 43.9. The highest BCUT2D eigenvalue weighted by Gasteiger charge is 2.30. The summed E-state index contributed by atoms with van der Waals surface area (Å²) in [4.78, 5) is 15.4. The van der Waals surface area contributed by atoms with Gasteiger partial charge in [-0.2, -0.15) is 13.2 Å². The number of aliphatic hydroxyl groups is 1. The number of hydrogen-bond acceptors (Lipinski definition) is 3. The van der Waals surface area contributed by atoms with Crippen molar-refractivity contribution in [3.05, 3.63) is 80.7 Å². The van der Waals surface area contributed by atoms with E-state index in [9.17, 15) is 23.1 Å². The molecule has 2 aromatic carbocycles. The van der Waals surface area contributed by atoms with Crippen LogP contribution in [0.25, 0.3) is 11.1 Å². The van der Waals surface area contributed by atoms with Gasteiger partial charge in [-0.1, -0.05) is 29.8 Å². The number of ether oxygens (including phenoxy) is 1. The van der Waals surface area contributed by atoms with Crippen LogP contribution in [-0.2, 0) is 12.8 Å². The highest BCUT2D eigenvalue weighted by molar-refractivity contribution is 6.31. The van der Waals surface area contributed by atoms with Gasteiger partial charge < -0.3 is 14.8 Å². The monoisotopic (exact) mass is 409 g/mol. The third-order valence-electron chi connectivity index (χ3n) is 4.10. The molecule has 3 rings (SSSR count). The fourth-order valence-corrected chi connectivity index (χ4v) is 2.98. The summed E-state index contributed by atoms with van der Waals surface area (Å²) in [5.74, 6) is 0.363. The van der Waals surface area contributed by atoms with E-state index in [1.807, 2.05) is 0 Å². The van der Waals surface area contributed by atoms with Crippen molar-refractivity contribution in [1.82, 2.24) is 4.98 Å². The maximum atomic E-state index is 12.8. The number of benzene rings is 2. The van der Waals surface area contributed by atoms with Crippen molar-refractivity contribution < 1.29 is 23.0 Å². The first-order valence-corrected chi connectivity index (χ1v) is 8.56. The third kappa shape index (κ3) is 4.05. The highest BCUT2D eigenvalue weighted by atomic mass is 35.5. The van der Waals surface area contributed by atoms with E-state index in [-0.39, 0.29) is 23.1 Å². The minimum Gasteiger partial charge on any atom is -0.457 e. The predicted molar refractivity (Wildman–Crippen MR) is 99.7 cm³/mol. The van der Waals surface area contributed by atoms with Crippen LogP contribution in [0.1, 0.15) is 17.0 Å². The van der Waals surface area contributed by atoms with Gasteiger partial charge in [-0.3, -0.25) is 4.79 Å². The summed E-state index contributed by atoms with van der Waals surface area (Å²) in [5, 5.41) is 9.14. The zero-order valence-corrected chi connectivity index (χ0v) is 15.4. The van der Waals surface area contributed by atoms with Crippen molar-refractivity contribution >= 4 is 11.6 Å².